The lowest BCUT2D eigenvalue weighted by atomic mass is 10.1. The van der Waals surface area contributed by atoms with Crippen molar-refractivity contribution in [2.45, 2.75) is 6.42 Å². The summed E-state index contributed by atoms with van der Waals surface area (Å²) in [5.41, 5.74) is 2.49. The number of aromatic amines is 1. The van der Waals surface area contributed by atoms with Crippen molar-refractivity contribution < 1.29 is 4.74 Å². The van der Waals surface area contributed by atoms with Crippen molar-refractivity contribution in [1.29, 1.82) is 0 Å². The van der Waals surface area contributed by atoms with Crippen molar-refractivity contribution in [2.75, 3.05) is 12.4 Å². The summed E-state index contributed by atoms with van der Waals surface area (Å²) in [7, 11) is 1.68. The zero-order valence-electron chi connectivity index (χ0n) is 8.01. The molecule has 0 unspecified atom stereocenters. The third-order valence-electron chi connectivity index (χ3n) is 2.34. The van der Waals surface area contributed by atoms with E-state index in [-0.39, 0.29) is 0 Å². The Hall–Kier alpha value is -0.960. The summed E-state index contributed by atoms with van der Waals surface area (Å²) in [6.45, 7) is 0. The van der Waals surface area contributed by atoms with Crippen molar-refractivity contribution >= 4 is 26.8 Å². The van der Waals surface area contributed by atoms with Crippen LogP contribution in [-0.2, 0) is 6.42 Å². The molecule has 0 saturated heterocycles. The fourth-order valence-corrected chi connectivity index (χ4v) is 2.03. The minimum absolute atomic E-state index is 0.893. The predicted molar refractivity (Wildman–Crippen MR) is 62.3 cm³/mol. The molecule has 14 heavy (non-hydrogen) atoms. The number of nitrogens with one attached hydrogen (secondary N) is 1. The summed E-state index contributed by atoms with van der Waals surface area (Å²) in [6, 6.07) is 6.11. The average Bonchev–Trinajstić information content (AvgIpc) is 2.61. The monoisotopic (exact) mass is 253 g/mol. The smallest absolute Gasteiger partial charge is 0.120 e. The molecule has 0 radical (unpaired) electrons. The largest absolute Gasteiger partial charge is 0.497 e. The van der Waals surface area contributed by atoms with E-state index >= 15 is 0 Å². The molecule has 0 aliphatic rings. The zero-order valence-corrected chi connectivity index (χ0v) is 9.60. The van der Waals surface area contributed by atoms with Gasteiger partial charge in [0.2, 0.25) is 0 Å². The van der Waals surface area contributed by atoms with Gasteiger partial charge in [-0.3, -0.25) is 0 Å². The Balaban J connectivity index is 2.48. The van der Waals surface area contributed by atoms with Gasteiger partial charge in [-0.05, 0) is 24.1 Å². The lowest BCUT2D eigenvalue weighted by molar-refractivity contribution is 0.415. The SMILES string of the molecule is COc1ccc2c(CCBr)c[nH]c2c1. The second kappa shape index (κ2) is 4.05. The van der Waals surface area contributed by atoms with Crippen LogP contribution < -0.4 is 4.74 Å². The Bertz CT molecular complexity index is 436. The van der Waals surface area contributed by atoms with Gasteiger partial charge in [0, 0.05) is 28.5 Å². The Morgan fingerprint density at radius 1 is 1.43 bits per heavy atom. The molecule has 0 atom stereocenters. The number of ether oxygens (including phenoxy) is 1. The van der Waals surface area contributed by atoms with Gasteiger partial charge >= 0.3 is 0 Å². The van der Waals surface area contributed by atoms with Crippen LogP contribution in [0, 0.1) is 0 Å². The van der Waals surface area contributed by atoms with Gasteiger partial charge in [0.25, 0.3) is 0 Å². The van der Waals surface area contributed by atoms with Gasteiger partial charge in [0.05, 0.1) is 7.11 Å². The van der Waals surface area contributed by atoms with Crippen LogP contribution in [0.25, 0.3) is 10.9 Å². The van der Waals surface area contributed by atoms with Crippen molar-refractivity contribution in [2.24, 2.45) is 0 Å². The molecule has 0 spiro atoms. The first-order valence-corrected chi connectivity index (χ1v) is 5.67. The van der Waals surface area contributed by atoms with E-state index in [1.165, 1.54) is 10.9 Å². The van der Waals surface area contributed by atoms with Gasteiger partial charge in [-0.25, -0.2) is 0 Å². The molecule has 3 heteroatoms. The number of alkyl halides is 1. The van der Waals surface area contributed by atoms with Gasteiger partial charge in [0.1, 0.15) is 5.75 Å². The second-order valence-corrected chi connectivity index (χ2v) is 3.96. The molecule has 2 nitrogen and oxygen atoms in total. The van der Waals surface area contributed by atoms with Crippen LogP contribution in [0.15, 0.2) is 24.4 Å². The van der Waals surface area contributed by atoms with Crippen LogP contribution in [-0.4, -0.2) is 17.4 Å². The Kier molecular flexibility index (Phi) is 2.77. The number of hydrogen-bond acceptors (Lipinski definition) is 1. The number of aryl methyl sites for hydroxylation is 1. The van der Waals surface area contributed by atoms with Crippen LogP contribution in [0.5, 0.6) is 5.75 Å². The third kappa shape index (κ3) is 1.64. The van der Waals surface area contributed by atoms with E-state index in [1.54, 1.807) is 7.11 Å². The molecule has 74 valence electrons. The topological polar surface area (TPSA) is 25.0 Å². The van der Waals surface area contributed by atoms with E-state index in [4.69, 9.17) is 4.74 Å². The normalized spacial score (nSPS) is 10.7. The molecular weight excluding hydrogens is 242 g/mol. The van der Waals surface area contributed by atoms with Crippen LogP contribution in [0.1, 0.15) is 5.56 Å². The molecule has 0 fully saturated rings. The van der Waals surface area contributed by atoms with Crippen molar-refractivity contribution in [1.82, 2.24) is 4.98 Å². The minimum Gasteiger partial charge on any atom is -0.497 e. The number of aromatic nitrogens is 1. The summed E-state index contributed by atoms with van der Waals surface area (Å²) >= 11 is 3.45. The third-order valence-corrected chi connectivity index (χ3v) is 2.73. The summed E-state index contributed by atoms with van der Waals surface area (Å²) in [4.78, 5) is 3.25. The fourth-order valence-electron chi connectivity index (χ4n) is 1.60. The molecule has 1 aromatic heterocycles. The van der Waals surface area contributed by atoms with Crippen molar-refractivity contribution in [3.63, 3.8) is 0 Å². The number of methoxy groups -OCH3 is 1. The summed E-state index contributed by atoms with van der Waals surface area (Å²) in [5, 5.41) is 2.27. The maximum absolute atomic E-state index is 5.16. The van der Waals surface area contributed by atoms with E-state index in [2.05, 4.69) is 33.2 Å². The summed E-state index contributed by atoms with van der Waals surface area (Å²) < 4.78 is 5.16. The van der Waals surface area contributed by atoms with Gasteiger partial charge in [-0.15, -0.1) is 0 Å². The Morgan fingerprint density at radius 2 is 2.29 bits per heavy atom. The number of H-pyrrole nitrogens is 1. The standard InChI is InChI=1S/C11H12BrNO/c1-14-9-2-3-10-8(4-5-12)7-13-11(10)6-9/h2-3,6-7,13H,4-5H2,1H3. The zero-order chi connectivity index (χ0) is 9.97. The van der Waals surface area contributed by atoms with E-state index in [9.17, 15) is 0 Å². The molecule has 2 aromatic rings. The van der Waals surface area contributed by atoms with Crippen molar-refractivity contribution in [3.8, 4) is 5.75 Å². The first-order chi connectivity index (χ1) is 6.85. The first-order valence-electron chi connectivity index (χ1n) is 4.55. The molecule has 0 saturated carbocycles. The van der Waals surface area contributed by atoms with Crippen molar-refractivity contribution in [3.05, 3.63) is 30.0 Å². The highest BCUT2D eigenvalue weighted by atomic mass is 79.9. The number of fused-ring (bicyclic) bond motifs is 1. The van der Waals surface area contributed by atoms with Crippen LogP contribution in [0.3, 0.4) is 0 Å². The molecule has 0 amide bonds. The minimum atomic E-state index is 0.893. The van der Waals surface area contributed by atoms with Crippen LogP contribution in [0.2, 0.25) is 0 Å². The van der Waals surface area contributed by atoms with E-state index in [1.807, 2.05) is 12.1 Å². The maximum atomic E-state index is 5.16. The summed E-state index contributed by atoms with van der Waals surface area (Å²) in [6.07, 6.45) is 3.11. The highest BCUT2D eigenvalue weighted by Gasteiger charge is 2.03. The number of benzene rings is 1. The van der Waals surface area contributed by atoms with Gasteiger partial charge < -0.3 is 9.72 Å². The highest BCUT2D eigenvalue weighted by molar-refractivity contribution is 9.09. The highest BCUT2D eigenvalue weighted by Crippen LogP contribution is 2.23. The van der Waals surface area contributed by atoms with Gasteiger partial charge in [0.15, 0.2) is 0 Å². The number of hydrogen-bond donors (Lipinski definition) is 1. The van der Waals surface area contributed by atoms with E-state index < -0.39 is 0 Å². The molecule has 0 aliphatic carbocycles. The van der Waals surface area contributed by atoms with Gasteiger partial charge in [-0.1, -0.05) is 15.9 Å². The molecule has 2 rings (SSSR count). The molecule has 0 bridgehead atoms. The molecule has 1 N–H and O–H groups in total. The predicted octanol–water partition coefficient (Wildman–Crippen LogP) is 3.11. The van der Waals surface area contributed by atoms with Crippen LogP contribution >= 0.6 is 15.9 Å². The Labute approximate surface area is 91.4 Å². The summed E-state index contributed by atoms with van der Waals surface area (Å²) in [5.74, 6) is 0.893. The van der Waals surface area contributed by atoms with E-state index in [0.717, 1.165) is 23.0 Å². The lowest BCUT2D eigenvalue weighted by Crippen LogP contribution is -1.84. The maximum Gasteiger partial charge on any atom is 0.120 e. The Morgan fingerprint density at radius 3 is 3.00 bits per heavy atom. The molecular formula is C11H12BrNO. The first kappa shape index (κ1) is 9.59. The van der Waals surface area contributed by atoms with Gasteiger partial charge in [-0.2, -0.15) is 0 Å². The number of halogens is 1. The van der Waals surface area contributed by atoms with Crippen LogP contribution in [0.4, 0.5) is 0 Å². The fraction of sp³-hybridized carbons (Fsp3) is 0.273. The average molecular weight is 254 g/mol. The number of rotatable bonds is 3. The molecule has 0 aliphatic heterocycles. The lowest BCUT2D eigenvalue weighted by Gasteiger charge is -1.99. The molecule has 1 heterocycles. The second-order valence-electron chi connectivity index (χ2n) is 3.16. The molecule has 1 aromatic carbocycles. The quantitative estimate of drug-likeness (QED) is 0.836. The van der Waals surface area contributed by atoms with E-state index in [0.29, 0.717) is 0 Å².